The number of aryl methyl sites for hydroxylation is 2. The van der Waals surface area contributed by atoms with Gasteiger partial charge in [-0.25, -0.2) is 0 Å². The van der Waals surface area contributed by atoms with Gasteiger partial charge in [0.15, 0.2) is 0 Å². The summed E-state index contributed by atoms with van der Waals surface area (Å²) < 4.78 is 5.88. The van der Waals surface area contributed by atoms with E-state index in [1.54, 1.807) is 6.07 Å². The molecular formula is C20H21NO2. The van der Waals surface area contributed by atoms with Gasteiger partial charge in [0.25, 0.3) is 5.91 Å². The maximum Gasteiger partial charge on any atom is 0.255 e. The van der Waals surface area contributed by atoms with Crippen LogP contribution in [0.15, 0.2) is 42.5 Å². The van der Waals surface area contributed by atoms with E-state index in [1.807, 2.05) is 63.3 Å². The fourth-order valence-electron chi connectivity index (χ4n) is 2.54. The van der Waals surface area contributed by atoms with Crippen LogP contribution in [0, 0.1) is 13.8 Å². The van der Waals surface area contributed by atoms with Crippen molar-refractivity contribution in [2.24, 2.45) is 0 Å². The van der Waals surface area contributed by atoms with Gasteiger partial charge in [-0.3, -0.25) is 4.79 Å². The van der Waals surface area contributed by atoms with Gasteiger partial charge < -0.3 is 10.1 Å². The number of amides is 1. The molecule has 0 saturated carbocycles. The zero-order valence-electron chi connectivity index (χ0n) is 13.9. The van der Waals surface area contributed by atoms with E-state index in [1.165, 1.54) is 5.56 Å². The van der Waals surface area contributed by atoms with Gasteiger partial charge in [0.05, 0.1) is 0 Å². The van der Waals surface area contributed by atoms with Gasteiger partial charge in [-0.15, -0.1) is 0 Å². The molecule has 1 amide bonds. The minimum absolute atomic E-state index is 0.116. The number of carbonyl (C=O) groups is 1. The Labute approximate surface area is 137 Å². The molecule has 118 valence electrons. The molecule has 23 heavy (non-hydrogen) atoms. The summed E-state index contributed by atoms with van der Waals surface area (Å²) in [6.45, 7) is 8.10. The van der Waals surface area contributed by atoms with Crippen LogP contribution in [0.2, 0.25) is 0 Å². The molecule has 0 atom stereocenters. The highest BCUT2D eigenvalue weighted by Gasteiger charge is 2.22. The van der Waals surface area contributed by atoms with E-state index < -0.39 is 0 Å². The van der Waals surface area contributed by atoms with Crippen molar-refractivity contribution in [1.82, 2.24) is 0 Å². The van der Waals surface area contributed by atoms with Gasteiger partial charge in [-0.05, 0) is 75.2 Å². The van der Waals surface area contributed by atoms with Crippen LogP contribution < -0.4 is 10.1 Å². The Bertz CT molecular complexity index is 803. The topological polar surface area (TPSA) is 38.3 Å². The Morgan fingerprint density at radius 3 is 2.57 bits per heavy atom. The van der Waals surface area contributed by atoms with E-state index in [9.17, 15) is 4.79 Å². The number of fused-ring (bicyclic) bond motifs is 1. The first-order chi connectivity index (χ1) is 10.8. The molecule has 0 radical (unpaired) electrons. The van der Waals surface area contributed by atoms with Crippen LogP contribution in [-0.4, -0.2) is 11.5 Å². The molecule has 2 aromatic carbocycles. The maximum atomic E-state index is 12.4. The lowest BCUT2D eigenvalue weighted by Gasteiger charge is -2.27. The van der Waals surface area contributed by atoms with Crippen molar-refractivity contribution in [1.29, 1.82) is 0 Å². The van der Waals surface area contributed by atoms with Crippen LogP contribution in [-0.2, 0) is 0 Å². The Morgan fingerprint density at radius 2 is 1.83 bits per heavy atom. The van der Waals surface area contributed by atoms with Gasteiger partial charge in [-0.2, -0.15) is 0 Å². The molecule has 0 aliphatic carbocycles. The quantitative estimate of drug-likeness (QED) is 0.870. The summed E-state index contributed by atoms with van der Waals surface area (Å²) >= 11 is 0. The molecule has 3 nitrogen and oxygen atoms in total. The van der Waals surface area contributed by atoms with Crippen LogP contribution in [0.3, 0.4) is 0 Å². The summed E-state index contributed by atoms with van der Waals surface area (Å²) in [4.78, 5) is 12.4. The number of ether oxygens (including phenoxy) is 1. The molecule has 0 fully saturated rings. The number of benzene rings is 2. The predicted molar refractivity (Wildman–Crippen MR) is 94.1 cm³/mol. The van der Waals surface area contributed by atoms with Crippen LogP contribution in [0.5, 0.6) is 5.75 Å². The Balaban J connectivity index is 1.82. The molecule has 2 aromatic rings. The molecule has 0 saturated heterocycles. The minimum Gasteiger partial charge on any atom is -0.483 e. The third-order valence-corrected chi connectivity index (χ3v) is 4.07. The largest absolute Gasteiger partial charge is 0.483 e. The van der Waals surface area contributed by atoms with Crippen molar-refractivity contribution in [2.75, 3.05) is 5.32 Å². The highest BCUT2D eigenvalue weighted by Crippen LogP contribution is 2.31. The Morgan fingerprint density at radius 1 is 1.04 bits per heavy atom. The predicted octanol–water partition coefficient (Wildman–Crippen LogP) is 4.74. The maximum absolute atomic E-state index is 12.4. The summed E-state index contributed by atoms with van der Waals surface area (Å²) in [5, 5.41) is 2.95. The van der Waals surface area contributed by atoms with Crippen LogP contribution in [0.4, 0.5) is 5.69 Å². The zero-order valence-corrected chi connectivity index (χ0v) is 13.9. The second kappa shape index (κ2) is 5.58. The van der Waals surface area contributed by atoms with E-state index >= 15 is 0 Å². The van der Waals surface area contributed by atoms with Crippen molar-refractivity contribution in [2.45, 2.75) is 33.3 Å². The Kier molecular flexibility index (Phi) is 3.72. The van der Waals surface area contributed by atoms with E-state index in [-0.39, 0.29) is 11.5 Å². The van der Waals surface area contributed by atoms with Crippen LogP contribution in [0.25, 0.3) is 6.08 Å². The first-order valence-corrected chi connectivity index (χ1v) is 7.75. The molecule has 1 N–H and O–H groups in total. The number of nitrogens with one attached hydrogen (secondary N) is 1. The van der Waals surface area contributed by atoms with Gasteiger partial charge in [-0.1, -0.05) is 12.1 Å². The first kappa shape index (κ1) is 15.3. The Hall–Kier alpha value is -2.55. The fraction of sp³-hybridized carbons (Fsp3) is 0.250. The minimum atomic E-state index is -0.309. The summed E-state index contributed by atoms with van der Waals surface area (Å²) in [5.74, 6) is 0.689. The van der Waals surface area contributed by atoms with E-state index in [0.717, 1.165) is 22.6 Å². The molecular weight excluding hydrogens is 286 g/mol. The standard InChI is InChI=1S/C20H21NO2/c1-13-5-7-17(11-14(13)2)21-19(22)16-6-8-18-15(12-16)9-10-20(3,4)23-18/h5-12H,1-4H3,(H,21,22). The zero-order chi connectivity index (χ0) is 16.6. The molecule has 0 bridgehead atoms. The number of anilines is 1. The van der Waals surface area contributed by atoms with Crippen LogP contribution >= 0.6 is 0 Å². The second-order valence-electron chi connectivity index (χ2n) is 6.54. The molecule has 3 heteroatoms. The van der Waals surface area contributed by atoms with Gasteiger partial charge in [0.2, 0.25) is 0 Å². The monoisotopic (exact) mass is 307 g/mol. The summed E-state index contributed by atoms with van der Waals surface area (Å²) in [7, 11) is 0. The second-order valence-corrected chi connectivity index (χ2v) is 6.54. The molecule has 1 aliphatic rings. The van der Waals surface area contributed by atoms with Crippen molar-refractivity contribution in [3.8, 4) is 5.75 Å². The summed E-state index contributed by atoms with van der Waals surface area (Å²) in [6, 6.07) is 11.4. The van der Waals surface area contributed by atoms with Crippen molar-refractivity contribution in [3.63, 3.8) is 0 Å². The third-order valence-electron chi connectivity index (χ3n) is 4.07. The van der Waals surface area contributed by atoms with Gasteiger partial charge in [0.1, 0.15) is 11.4 Å². The van der Waals surface area contributed by atoms with E-state index in [0.29, 0.717) is 5.56 Å². The molecule has 0 spiro atoms. The lowest BCUT2D eigenvalue weighted by Crippen LogP contribution is -2.27. The molecule has 0 aromatic heterocycles. The fourth-order valence-corrected chi connectivity index (χ4v) is 2.54. The molecule has 3 rings (SSSR count). The summed E-state index contributed by atoms with van der Waals surface area (Å²) in [5.41, 5.74) is 4.42. The van der Waals surface area contributed by atoms with E-state index in [4.69, 9.17) is 4.74 Å². The summed E-state index contributed by atoms with van der Waals surface area (Å²) in [6.07, 6.45) is 4.01. The molecule has 1 heterocycles. The number of hydrogen-bond donors (Lipinski definition) is 1. The highest BCUT2D eigenvalue weighted by atomic mass is 16.5. The smallest absolute Gasteiger partial charge is 0.255 e. The third kappa shape index (κ3) is 3.29. The van der Waals surface area contributed by atoms with Crippen molar-refractivity contribution < 1.29 is 9.53 Å². The van der Waals surface area contributed by atoms with E-state index in [2.05, 4.69) is 12.2 Å². The van der Waals surface area contributed by atoms with Crippen molar-refractivity contribution in [3.05, 3.63) is 64.7 Å². The molecule has 1 aliphatic heterocycles. The number of rotatable bonds is 2. The number of hydrogen-bond acceptors (Lipinski definition) is 2. The lowest BCUT2D eigenvalue weighted by molar-refractivity contribution is 0.102. The van der Waals surface area contributed by atoms with Crippen molar-refractivity contribution >= 4 is 17.7 Å². The average molecular weight is 307 g/mol. The normalized spacial score (nSPS) is 14.8. The SMILES string of the molecule is Cc1ccc(NC(=O)c2ccc3c(c2)C=CC(C)(C)O3)cc1C. The lowest BCUT2D eigenvalue weighted by atomic mass is 10.0. The highest BCUT2D eigenvalue weighted by molar-refractivity contribution is 6.04. The molecule has 0 unspecified atom stereocenters. The first-order valence-electron chi connectivity index (χ1n) is 7.75. The average Bonchev–Trinajstić information content (AvgIpc) is 2.49. The van der Waals surface area contributed by atoms with Gasteiger partial charge >= 0.3 is 0 Å². The van der Waals surface area contributed by atoms with Gasteiger partial charge in [0, 0.05) is 16.8 Å². The number of carbonyl (C=O) groups excluding carboxylic acids is 1. The van der Waals surface area contributed by atoms with Crippen LogP contribution in [0.1, 0.15) is 40.9 Å².